The van der Waals surface area contributed by atoms with Crippen molar-refractivity contribution in [3.63, 3.8) is 0 Å². The molecule has 2 atom stereocenters. The molecule has 176 valence electrons. The molecule has 0 fully saturated rings. The van der Waals surface area contributed by atoms with Gasteiger partial charge in [0.25, 0.3) is 0 Å². The van der Waals surface area contributed by atoms with E-state index in [0.29, 0.717) is 5.75 Å². The van der Waals surface area contributed by atoms with Crippen LogP contribution >= 0.6 is 0 Å². The number of nitrogens with one attached hydrogen (secondary N) is 2. The SMILES string of the molecule is C[S+](C)CC(=O)CCC(NC(=O)C(CCC(N)=O)NC(=O)OCc1ccccc1)C(=O)O. The Morgan fingerprint density at radius 2 is 1.62 bits per heavy atom. The predicted molar refractivity (Wildman–Crippen MR) is 120 cm³/mol. The summed E-state index contributed by atoms with van der Waals surface area (Å²) < 4.78 is 5.08. The van der Waals surface area contributed by atoms with Gasteiger partial charge in [0.05, 0.1) is 12.5 Å². The third kappa shape index (κ3) is 11.3. The van der Waals surface area contributed by atoms with Gasteiger partial charge in [-0.05, 0) is 29.3 Å². The Bertz CT molecular complexity index is 802. The van der Waals surface area contributed by atoms with Crippen molar-refractivity contribution in [3.8, 4) is 0 Å². The zero-order chi connectivity index (χ0) is 24.1. The second-order valence-electron chi connectivity index (χ2n) is 7.37. The molecule has 2 unspecified atom stereocenters. The van der Waals surface area contributed by atoms with Crippen molar-refractivity contribution in [2.75, 3.05) is 18.3 Å². The van der Waals surface area contributed by atoms with Crippen LogP contribution in [-0.2, 0) is 41.4 Å². The van der Waals surface area contributed by atoms with Gasteiger partial charge in [0, 0.05) is 12.8 Å². The maximum Gasteiger partial charge on any atom is 0.408 e. The zero-order valence-electron chi connectivity index (χ0n) is 18.2. The minimum absolute atomic E-state index is 0.000918. The number of carbonyl (C=O) groups excluding carboxylic acids is 4. The molecule has 0 spiro atoms. The third-order valence-electron chi connectivity index (χ3n) is 4.28. The van der Waals surface area contributed by atoms with Gasteiger partial charge in [-0.3, -0.25) is 14.4 Å². The molecule has 0 heterocycles. The Morgan fingerprint density at radius 1 is 1.00 bits per heavy atom. The first-order valence-electron chi connectivity index (χ1n) is 9.93. The Kier molecular flexibility index (Phi) is 11.9. The average molecular weight is 469 g/mol. The molecule has 0 aliphatic rings. The highest BCUT2D eigenvalue weighted by atomic mass is 32.2. The van der Waals surface area contributed by atoms with Crippen molar-refractivity contribution in [3.05, 3.63) is 35.9 Å². The maximum absolute atomic E-state index is 12.6. The van der Waals surface area contributed by atoms with Gasteiger partial charge in [0.1, 0.15) is 18.7 Å². The molecular weight excluding hydrogens is 438 g/mol. The predicted octanol–water partition coefficient (Wildman–Crippen LogP) is 0.344. The summed E-state index contributed by atoms with van der Waals surface area (Å²) >= 11 is 0. The zero-order valence-corrected chi connectivity index (χ0v) is 19.0. The molecule has 1 rings (SSSR count). The van der Waals surface area contributed by atoms with Crippen LogP contribution < -0.4 is 16.4 Å². The van der Waals surface area contributed by atoms with E-state index in [-0.39, 0.29) is 49.0 Å². The standard InChI is InChI=1S/C21H29N3O7S/c1-32(2)13-15(25)8-9-17(20(28)29)23-19(27)16(10-11-18(22)26)24-21(30)31-12-14-6-4-3-5-7-14/h3-7,16-17H,8-13H2,1-2H3,(H4-,22,23,24,26,27,28,29,30)/p+1. The lowest BCUT2D eigenvalue weighted by Crippen LogP contribution is -2.52. The minimum Gasteiger partial charge on any atom is -0.480 e. The Morgan fingerprint density at radius 3 is 2.19 bits per heavy atom. The molecule has 0 radical (unpaired) electrons. The normalized spacial score (nSPS) is 12.5. The fourth-order valence-corrected chi connectivity index (χ4v) is 3.48. The molecule has 0 bridgehead atoms. The lowest BCUT2D eigenvalue weighted by atomic mass is 10.1. The molecule has 11 heteroatoms. The summed E-state index contributed by atoms with van der Waals surface area (Å²) in [6.07, 6.45) is 2.47. The fourth-order valence-electron chi connectivity index (χ4n) is 2.69. The average Bonchev–Trinajstić information content (AvgIpc) is 2.72. The molecule has 3 amide bonds. The van der Waals surface area contributed by atoms with Crippen molar-refractivity contribution in [2.45, 2.75) is 44.4 Å². The number of rotatable bonds is 14. The smallest absolute Gasteiger partial charge is 0.408 e. The molecule has 0 aliphatic carbocycles. The number of carboxylic acid groups (broad SMARTS) is 1. The molecule has 5 N–H and O–H groups in total. The van der Waals surface area contributed by atoms with Gasteiger partial charge in [-0.15, -0.1) is 0 Å². The second kappa shape index (κ2) is 14.1. The van der Waals surface area contributed by atoms with E-state index in [2.05, 4.69) is 10.6 Å². The number of hydrogen-bond donors (Lipinski definition) is 4. The number of carboxylic acids is 1. The topological polar surface area (TPSA) is 165 Å². The van der Waals surface area contributed by atoms with Crippen molar-refractivity contribution >= 4 is 40.6 Å². The van der Waals surface area contributed by atoms with Crippen LogP contribution in [0.4, 0.5) is 4.79 Å². The van der Waals surface area contributed by atoms with Gasteiger partial charge in [0.2, 0.25) is 11.8 Å². The minimum atomic E-state index is -1.32. The van der Waals surface area contributed by atoms with Crippen molar-refractivity contribution in [1.29, 1.82) is 0 Å². The number of carbonyl (C=O) groups is 5. The summed E-state index contributed by atoms with van der Waals surface area (Å²) in [6, 6.07) is 6.31. The number of nitrogens with two attached hydrogens (primary N) is 1. The molecule has 1 aromatic carbocycles. The van der Waals surface area contributed by atoms with Crippen LogP contribution in [0.25, 0.3) is 0 Å². The summed E-state index contributed by atoms with van der Waals surface area (Å²) in [4.78, 5) is 59.3. The van der Waals surface area contributed by atoms with Crippen LogP contribution in [0.15, 0.2) is 30.3 Å². The van der Waals surface area contributed by atoms with E-state index in [0.717, 1.165) is 5.56 Å². The Labute approximate surface area is 189 Å². The molecule has 0 aliphatic heterocycles. The summed E-state index contributed by atoms with van der Waals surface area (Å²) in [5.41, 5.74) is 5.87. The van der Waals surface area contributed by atoms with Gasteiger partial charge < -0.3 is 26.2 Å². The number of hydrogen-bond acceptors (Lipinski definition) is 6. The highest BCUT2D eigenvalue weighted by Crippen LogP contribution is 2.06. The summed E-state index contributed by atoms with van der Waals surface area (Å²) in [7, 11) is -0.109. The third-order valence-corrected chi connectivity index (χ3v) is 5.18. The number of ketones is 1. The van der Waals surface area contributed by atoms with Gasteiger partial charge in [-0.2, -0.15) is 0 Å². The van der Waals surface area contributed by atoms with Crippen LogP contribution in [0.2, 0.25) is 0 Å². The van der Waals surface area contributed by atoms with Crippen LogP contribution in [-0.4, -0.2) is 65.1 Å². The number of aliphatic carboxylic acids is 1. The number of primary amides is 1. The summed E-state index contributed by atoms with van der Waals surface area (Å²) in [6.45, 7) is -0.0345. The van der Waals surface area contributed by atoms with E-state index < -0.39 is 36.0 Å². The van der Waals surface area contributed by atoms with Crippen LogP contribution in [0.1, 0.15) is 31.2 Å². The monoisotopic (exact) mass is 468 g/mol. The highest BCUT2D eigenvalue weighted by Gasteiger charge is 2.28. The number of benzene rings is 1. The first kappa shape index (κ1) is 27.0. The molecule has 0 saturated carbocycles. The van der Waals surface area contributed by atoms with Crippen molar-refractivity contribution < 1.29 is 33.8 Å². The van der Waals surface area contributed by atoms with E-state index in [1.807, 2.05) is 18.6 Å². The van der Waals surface area contributed by atoms with Gasteiger partial charge >= 0.3 is 12.1 Å². The van der Waals surface area contributed by atoms with E-state index in [1.165, 1.54) is 0 Å². The lowest BCUT2D eigenvalue weighted by molar-refractivity contribution is -0.142. The van der Waals surface area contributed by atoms with Gasteiger partial charge in [0.15, 0.2) is 11.5 Å². The van der Waals surface area contributed by atoms with E-state index >= 15 is 0 Å². The fraction of sp³-hybridized carbons (Fsp3) is 0.476. The lowest BCUT2D eigenvalue weighted by Gasteiger charge is -2.21. The van der Waals surface area contributed by atoms with E-state index in [1.54, 1.807) is 24.3 Å². The maximum atomic E-state index is 12.6. The first-order valence-corrected chi connectivity index (χ1v) is 12.1. The van der Waals surface area contributed by atoms with Crippen LogP contribution in [0.3, 0.4) is 0 Å². The highest BCUT2D eigenvalue weighted by molar-refractivity contribution is 7.96. The van der Waals surface area contributed by atoms with E-state index in [9.17, 15) is 29.1 Å². The number of alkyl carbamates (subject to hydrolysis) is 1. The second-order valence-corrected chi connectivity index (χ2v) is 9.63. The Balaban J connectivity index is 2.71. The Hall–Kier alpha value is -3.08. The molecule has 10 nitrogen and oxygen atoms in total. The molecular formula is C21H30N3O7S+. The summed E-state index contributed by atoms with van der Waals surface area (Å²) in [5, 5.41) is 14.1. The number of Topliss-reactive ketones (excluding diaryl/α,β-unsaturated/α-hetero) is 1. The molecule has 1 aromatic rings. The molecule has 0 aromatic heterocycles. The van der Waals surface area contributed by atoms with Gasteiger partial charge in [-0.1, -0.05) is 30.3 Å². The van der Waals surface area contributed by atoms with Crippen molar-refractivity contribution in [1.82, 2.24) is 10.6 Å². The number of ether oxygens (including phenoxy) is 1. The quantitative estimate of drug-likeness (QED) is 0.286. The van der Waals surface area contributed by atoms with E-state index in [4.69, 9.17) is 10.5 Å². The van der Waals surface area contributed by atoms with Gasteiger partial charge in [-0.25, -0.2) is 9.59 Å². The first-order chi connectivity index (χ1) is 15.1. The van der Waals surface area contributed by atoms with Crippen molar-refractivity contribution in [2.24, 2.45) is 5.73 Å². The molecule has 32 heavy (non-hydrogen) atoms. The number of amides is 3. The molecule has 0 saturated heterocycles. The van der Waals surface area contributed by atoms with Crippen LogP contribution in [0.5, 0.6) is 0 Å². The largest absolute Gasteiger partial charge is 0.480 e. The van der Waals surface area contributed by atoms with Crippen LogP contribution in [0, 0.1) is 0 Å². The summed E-state index contributed by atoms with van der Waals surface area (Å²) in [5.74, 6) is -2.55.